The molecule has 3 N–H and O–H groups in total. The van der Waals surface area contributed by atoms with Crippen molar-refractivity contribution < 1.29 is 9.59 Å². The minimum absolute atomic E-state index is 0.134. The maximum absolute atomic E-state index is 12.5. The predicted octanol–water partition coefficient (Wildman–Crippen LogP) is 4.22. The third kappa shape index (κ3) is 4.77. The third-order valence-electron chi connectivity index (χ3n) is 4.07. The molecule has 1 atom stereocenters. The van der Waals surface area contributed by atoms with E-state index in [4.69, 9.17) is 0 Å². The van der Waals surface area contributed by atoms with E-state index in [1.165, 1.54) is 11.3 Å². The van der Waals surface area contributed by atoms with Crippen LogP contribution in [-0.2, 0) is 4.79 Å². The summed E-state index contributed by atoms with van der Waals surface area (Å²) < 4.78 is 1.76. The Balaban J connectivity index is 1.56. The highest BCUT2D eigenvalue weighted by atomic mass is 32.1. The van der Waals surface area contributed by atoms with Gasteiger partial charge in [0.15, 0.2) is 0 Å². The normalized spacial score (nSPS) is 11.9. The molecule has 0 saturated carbocycles. The molecule has 0 saturated heterocycles. The van der Waals surface area contributed by atoms with Gasteiger partial charge in [0.25, 0.3) is 5.91 Å². The van der Waals surface area contributed by atoms with E-state index >= 15 is 0 Å². The number of nitrogens with zero attached hydrogens (tertiary/aromatic N) is 2. The first-order valence-electron chi connectivity index (χ1n) is 9.00. The number of anilines is 3. The lowest BCUT2D eigenvalue weighted by Crippen LogP contribution is -2.32. The lowest BCUT2D eigenvalue weighted by atomic mass is 10.2. The zero-order chi connectivity index (χ0) is 20.1. The topological polar surface area (TPSA) is 88.0 Å². The average molecular weight is 398 g/mol. The van der Waals surface area contributed by atoms with E-state index in [-0.39, 0.29) is 17.9 Å². The van der Waals surface area contributed by atoms with Crippen LogP contribution in [0.15, 0.2) is 54.0 Å². The molecule has 2 aromatic heterocycles. The molecule has 0 bridgehead atoms. The van der Waals surface area contributed by atoms with Crippen LogP contribution in [0.25, 0.3) is 0 Å². The fraction of sp³-hybridized carbons (Fsp3) is 0.250. The number of thiophene rings is 1. The van der Waals surface area contributed by atoms with Crippen molar-refractivity contribution in [3.8, 4) is 0 Å². The summed E-state index contributed by atoms with van der Waals surface area (Å²) in [6.07, 6.45) is 1.66. The third-order valence-corrected chi connectivity index (χ3v) is 4.94. The molecular formula is C20H23N5O2S. The molecule has 0 spiro atoms. The van der Waals surface area contributed by atoms with Gasteiger partial charge in [-0.1, -0.05) is 6.07 Å². The first kappa shape index (κ1) is 19.6. The van der Waals surface area contributed by atoms with Crippen molar-refractivity contribution in [2.45, 2.75) is 32.9 Å². The van der Waals surface area contributed by atoms with Crippen molar-refractivity contribution in [3.63, 3.8) is 0 Å². The van der Waals surface area contributed by atoms with E-state index in [9.17, 15) is 9.59 Å². The van der Waals surface area contributed by atoms with Crippen LogP contribution < -0.4 is 16.0 Å². The van der Waals surface area contributed by atoms with Crippen LogP contribution in [0.3, 0.4) is 0 Å². The van der Waals surface area contributed by atoms with Gasteiger partial charge in [-0.25, -0.2) is 4.68 Å². The molecule has 1 unspecified atom stereocenters. The van der Waals surface area contributed by atoms with Gasteiger partial charge in [-0.3, -0.25) is 9.59 Å². The van der Waals surface area contributed by atoms with E-state index in [0.717, 1.165) is 5.69 Å². The number of rotatable bonds is 7. The number of carbonyl (C=O) groups is 2. The van der Waals surface area contributed by atoms with Crippen molar-refractivity contribution in [2.75, 3.05) is 16.0 Å². The molecule has 3 aromatic rings. The van der Waals surface area contributed by atoms with Crippen LogP contribution >= 0.6 is 11.3 Å². The van der Waals surface area contributed by atoms with Gasteiger partial charge in [0.05, 0.1) is 11.1 Å². The summed E-state index contributed by atoms with van der Waals surface area (Å²) in [6.45, 7) is 5.80. The van der Waals surface area contributed by atoms with Crippen molar-refractivity contribution in [1.82, 2.24) is 9.78 Å². The average Bonchev–Trinajstić information content (AvgIpc) is 3.35. The summed E-state index contributed by atoms with van der Waals surface area (Å²) in [4.78, 5) is 25.2. The highest BCUT2D eigenvalue weighted by Crippen LogP contribution is 2.18. The second kappa shape index (κ2) is 8.71. The lowest BCUT2D eigenvalue weighted by Gasteiger charge is -2.17. The number of aromatic nitrogens is 2. The number of amides is 2. The Morgan fingerprint density at radius 2 is 1.71 bits per heavy atom. The molecular weight excluding hydrogens is 374 g/mol. The van der Waals surface area contributed by atoms with Gasteiger partial charge in [-0.05, 0) is 56.5 Å². The smallest absolute Gasteiger partial charge is 0.265 e. The summed E-state index contributed by atoms with van der Waals surface area (Å²) in [5, 5.41) is 15.0. The Hall–Kier alpha value is -3.13. The Labute approximate surface area is 167 Å². The van der Waals surface area contributed by atoms with Crippen LogP contribution in [0, 0.1) is 0 Å². The largest absolute Gasteiger partial charge is 0.374 e. The number of carbonyl (C=O) groups excluding carboxylic acids is 2. The predicted molar refractivity (Wildman–Crippen MR) is 113 cm³/mol. The Bertz CT molecular complexity index is 932. The number of hydrogen-bond acceptors (Lipinski definition) is 5. The number of benzene rings is 1. The van der Waals surface area contributed by atoms with E-state index in [2.05, 4.69) is 21.0 Å². The van der Waals surface area contributed by atoms with Gasteiger partial charge < -0.3 is 16.0 Å². The van der Waals surface area contributed by atoms with Crippen LogP contribution in [0.2, 0.25) is 0 Å². The summed E-state index contributed by atoms with van der Waals surface area (Å²) in [6, 6.07) is 12.4. The molecule has 28 heavy (non-hydrogen) atoms. The zero-order valence-electron chi connectivity index (χ0n) is 16.0. The van der Waals surface area contributed by atoms with Gasteiger partial charge in [-0.2, -0.15) is 5.10 Å². The molecule has 0 radical (unpaired) electrons. The van der Waals surface area contributed by atoms with E-state index in [0.29, 0.717) is 16.4 Å². The minimum atomic E-state index is -0.443. The zero-order valence-corrected chi connectivity index (χ0v) is 16.8. The van der Waals surface area contributed by atoms with Crippen LogP contribution in [-0.4, -0.2) is 27.6 Å². The molecule has 146 valence electrons. The molecule has 2 heterocycles. The van der Waals surface area contributed by atoms with Gasteiger partial charge in [0.1, 0.15) is 11.9 Å². The Morgan fingerprint density at radius 3 is 2.36 bits per heavy atom. The number of hydrogen-bond donors (Lipinski definition) is 3. The fourth-order valence-electron chi connectivity index (χ4n) is 2.63. The van der Waals surface area contributed by atoms with Gasteiger partial charge in [0, 0.05) is 23.5 Å². The maximum atomic E-state index is 12.5. The monoisotopic (exact) mass is 397 g/mol. The lowest BCUT2D eigenvalue weighted by molar-refractivity contribution is -0.116. The van der Waals surface area contributed by atoms with Crippen molar-refractivity contribution in [3.05, 3.63) is 58.9 Å². The van der Waals surface area contributed by atoms with Crippen LogP contribution in [0.4, 0.5) is 17.2 Å². The first-order chi connectivity index (χ1) is 13.4. The molecule has 8 heteroatoms. The Morgan fingerprint density at radius 1 is 1.00 bits per heavy atom. The maximum Gasteiger partial charge on any atom is 0.265 e. The molecule has 0 aliphatic heterocycles. The van der Waals surface area contributed by atoms with E-state index in [1.54, 1.807) is 42.1 Å². The van der Waals surface area contributed by atoms with Crippen molar-refractivity contribution in [2.24, 2.45) is 0 Å². The van der Waals surface area contributed by atoms with Gasteiger partial charge >= 0.3 is 0 Å². The Kier molecular flexibility index (Phi) is 6.10. The second-order valence-corrected chi connectivity index (χ2v) is 7.57. The molecule has 0 aliphatic carbocycles. The van der Waals surface area contributed by atoms with Crippen molar-refractivity contribution in [1.29, 1.82) is 0 Å². The number of nitrogens with one attached hydrogen (secondary N) is 3. The SMILES string of the molecule is CC(Nc1ccc(NC(=O)c2cccs2)cc1)C(=O)Nc1ccnn1C(C)C. The molecule has 0 fully saturated rings. The quantitative estimate of drug-likeness (QED) is 0.557. The van der Waals surface area contributed by atoms with Crippen LogP contribution in [0.5, 0.6) is 0 Å². The summed E-state index contributed by atoms with van der Waals surface area (Å²) in [5.41, 5.74) is 1.48. The summed E-state index contributed by atoms with van der Waals surface area (Å²) >= 11 is 1.39. The highest BCUT2D eigenvalue weighted by molar-refractivity contribution is 7.12. The highest BCUT2D eigenvalue weighted by Gasteiger charge is 2.16. The molecule has 2 amide bonds. The second-order valence-electron chi connectivity index (χ2n) is 6.62. The van der Waals surface area contributed by atoms with Gasteiger partial charge in [-0.15, -0.1) is 11.3 Å². The van der Waals surface area contributed by atoms with Crippen LogP contribution in [0.1, 0.15) is 36.5 Å². The summed E-state index contributed by atoms with van der Waals surface area (Å²) in [5.74, 6) is 0.378. The van der Waals surface area contributed by atoms with Crippen molar-refractivity contribution >= 4 is 40.3 Å². The molecule has 1 aromatic carbocycles. The van der Waals surface area contributed by atoms with E-state index < -0.39 is 6.04 Å². The molecule has 0 aliphatic rings. The fourth-order valence-corrected chi connectivity index (χ4v) is 3.24. The standard InChI is InChI=1S/C20H23N5O2S/c1-13(2)25-18(10-11-21-25)24-19(26)14(3)22-15-6-8-16(9-7-15)23-20(27)17-5-4-12-28-17/h4-14,22H,1-3H3,(H,23,27)(H,24,26). The molecule has 7 nitrogen and oxygen atoms in total. The summed E-state index contributed by atoms with van der Waals surface area (Å²) in [7, 11) is 0. The van der Waals surface area contributed by atoms with Gasteiger partial charge in [0.2, 0.25) is 5.91 Å². The molecule has 3 rings (SSSR count). The minimum Gasteiger partial charge on any atom is -0.374 e. The first-order valence-corrected chi connectivity index (χ1v) is 9.88. The van der Waals surface area contributed by atoms with E-state index in [1.807, 2.05) is 37.4 Å².